The Morgan fingerprint density at radius 2 is 1.83 bits per heavy atom. The van der Waals surface area contributed by atoms with E-state index in [9.17, 15) is 37.2 Å². The third-order valence-electron chi connectivity index (χ3n) is 5.90. The lowest BCUT2D eigenvalue weighted by Crippen LogP contribution is -2.64. The molecule has 1 aromatic rings. The molecular weight excluding hydrogens is 496 g/mol. The number of hydrogen-bond acceptors (Lipinski definition) is 8. The number of nitrogens with zero attached hydrogens (tertiary/aromatic N) is 2. The van der Waals surface area contributed by atoms with Crippen molar-refractivity contribution in [2.24, 2.45) is 0 Å². The van der Waals surface area contributed by atoms with Crippen molar-refractivity contribution in [1.82, 2.24) is 20.7 Å². The van der Waals surface area contributed by atoms with Crippen LogP contribution >= 0.6 is 0 Å². The summed E-state index contributed by atoms with van der Waals surface area (Å²) in [7, 11) is -3.47. The smallest absolute Gasteiger partial charge is 0.305 e. The van der Waals surface area contributed by atoms with Crippen LogP contribution in [0.25, 0.3) is 0 Å². The fourth-order valence-electron chi connectivity index (χ4n) is 4.10. The van der Waals surface area contributed by atoms with E-state index in [-0.39, 0.29) is 42.6 Å². The van der Waals surface area contributed by atoms with Crippen LogP contribution in [0.15, 0.2) is 29.2 Å². The first-order valence-electron chi connectivity index (χ1n) is 11.1. The topological polar surface area (TPSA) is 187 Å². The van der Waals surface area contributed by atoms with Crippen molar-refractivity contribution in [2.45, 2.75) is 55.1 Å². The number of benzene rings is 1. The molecule has 3 atom stereocenters. The van der Waals surface area contributed by atoms with Crippen molar-refractivity contribution >= 4 is 45.7 Å². The van der Waals surface area contributed by atoms with E-state index in [4.69, 9.17) is 5.11 Å². The second-order valence-corrected chi connectivity index (χ2v) is 10.6. The van der Waals surface area contributed by atoms with Gasteiger partial charge in [-0.2, -0.15) is 0 Å². The van der Waals surface area contributed by atoms with E-state index in [1.54, 1.807) is 0 Å². The van der Waals surface area contributed by atoms with Crippen molar-refractivity contribution in [3.05, 3.63) is 29.8 Å². The highest BCUT2D eigenvalue weighted by atomic mass is 32.2. The number of carbonyl (C=O) groups is 6. The van der Waals surface area contributed by atoms with Gasteiger partial charge in [0.2, 0.25) is 11.8 Å². The van der Waals surface area contributed by atoms with Gasteiger partial charge in [-0.05, 0) is 43.5 Å². The zero-order valence-electron chi connectivity index (χ0n) is 19.4. The largest absolute Gasteiger partial charge is 0.481 e. The lowest BCUT2D eigenvalue weighted by molar-refractivity contribution is -0.176. The first kappa shape index (κ1) is 26.8. The molecule has 0 spiro atoms. The maximum Gasteiger partial charge on any atom is 0.305 e. The van der Waals surface area contributed by atoms with E-state index < -0.39 is 64.0 Å². The minimum Gasteiger partial charge on any atom is -0.481 e. The van der Waals surface area contributed by atoms with Crippen LogP contribution in [0.5, 0.6) is 0 Å². The molecule has 1 aromatic carbocycles. The van der Waals surface area contributed by atoms with Crippen LogP contribution in [-0.2, 0) is 33.8 Å². The van der Waals surface area contributed by atoms with Gasteiger partial charge in [-0.3, -0.25) is 29.0 Å². The van der Waals surface area contributed by atoms with E-state index in [1.807, 2.05) is 0 Å². The molecule has 2 fully saturated rings. The highest BCUT2D eigenvalue weighted by molar-refractivity contribution is 7.90. The minimum absolute atomic E-state index is 0.0181. The molecule has 3 unspecified atom stereocenters. The fraction of sp³-hybridized carbons (Fsp3) is 0.455. The van der Waals surface area contributed by atoms with Gasteiger partial charge in [0.1, 0.15) is 18.4 Å². The second kappa shape index (κ2) is 10.8. The lowest BCUT2D eigenvalue weighted by atomic mass is 10.0. The molecule has 0 saturated carbocycles. The Kier molecular flexibility index (Phi) is 8.07. The highest BCUT2D eigenvalue weighted by Crippen LogP contribution is 2.25. The SMILES string of the molecule is CS(=O)(=O)c1ccc(C(=O)NC2CCC(=O)N3CCCC(C(=O)NC(C=O)CC(=O)O)N3C2=O)cc1. The van der Waals surface area contributed by atoms with Crippen molar-refractivity contribution < 1.29 is 42.3 Å². The Hall–Kier alpha value is -3.81. The number of hydrazine groups is 1. The quantitative estimate of drug-likeness (QED) is 0.355. The molecule has 14 heteroatoms. The Labute approximate surface area is 206 Å². The third kappa shape index (κ3) is 6.05. The Balaban J connectivity index is 1.80. The summed E-state index contributed by atoms with van der Waals surface area (Å²) < 4.78 is 23.3. The molecule has 0 radical (unpaired) electrons. The Bertz CT molecular complexity index is 1180. The molecule has 4 amide bonds. The highest BCUT2D eigenvalue weighted by Gasteiger charge is 2.45. The summed E-state index contributed by atoms with van der Waals surface area (Å²) in [5, 5.41) is 15.9. The maximum absolute atomic E-state index is 13.4. The first-order chi connectivity index (χ1) is 16.9. The molecule has 0 aromatic heterocycles. The summed E-state index contributed by atoms with van der Waals surface area (Å²) in [5.41, 5.74) is 0.0954. The van der Waals surface area contributed by atoms with Gasteiger partial charge in [-0.25, -0.2) is 13.4 Å². The van der Waals surface area contributed by atoms with Gasteiger partial charge < -0.3 is 20.5 Å². The van der Waals surface area contributed by atoms with E-state index in [1.165, 1.54) is 24.3 Å². The van der Waals surface area contributed by atoms with Crippen molar-refractivity contribution in [1.29, 1.82) is 0 Å². The molecule has 3 N–H and O–H groups in total. The summed E-state index contributed by atoms with van der Waals surface area (Å²) in [6, 6.07) is 1.46. The third-order valence-corrected chi connectivity index (χ3v) is 7.03. The van der Waals surface area contributed by atoms with Gasteiger partial charge in [0.25, 0.3) is 11.8 Å². The number of aliphatic carboxylic acids is 1. The number of carboxylic acid groups (broad SMARTS) is 1. The van der Waals surface area contributed by atoms with Gasteiger partial charge >= 0.3 is 5.97 Å². The standard InChI is InChI=1S/C22H26N4O9S/c1-36(34,35)15-6-4-13(5-7-15)20(31)24-16-8-9-18(28)25-10-2-3-17(26(25)22(16)33)21(32)23-14(12-27)11-19(29)30/h4-7,12,14,16-17H,2-3,8-11H2,1H3,(H,23,32)(H,24,31)(H,29,30). The molecule has 2 aliphatic rings. The van der Waals surface area contributed by atoms with Gasteiger partial charge in [0.15, 0.2) is 9.84 Å². The van der Waals surface area contributed by atoms with Crippen LogP contribution < -0.4 is 10.6 Å². The first-order valence-corrected chi connectivity index (χ1v) is 13.0. The number of amides is 4. The monoisotopic (exact) mass is 522 g/mol. The number of hydrogen-bond donors (Lipinski definition) is 3. The number of nitrogens with one attached hydrogen (secondary N) is 2. The van der Waals surface area contributed by atoms with Gasteiger partial charge in [-0.15, -0.1) is 0 Å². The van der Waals surface area contributed by atoms with Crippen LogP contribution in [0.2, 0.25) is 0 Å². The van der Waals surface area contributed by atoms with Gasteiger partial charge in [-0.1, -0.05) is 0 Å². The van der Waals surface area contributed by atoms with E-state index >= 15 is 0 Å². The number of rotatable bonds is 8. The molecule has 2 saturated heterocycles. The summed E-state index contributed by atoms with van der Waals surface area (Å²) in [4.78, 5) is 73.9. The molecule has 36 heavy (non-hydrogen) atoms. The molecular formula is C22H26N4O9S. The lowest BCUT2D eigenvalue weighted by Gasteiger charge is -2.43. The van der Waals surface area contributed by atoms with E-state index in [2.05, 4.69) is 10.6 Å². The van der Waals surface area contributed by atoms with Crippen LogP contribution in [-0.4, -0.2) is 90.4 Å². The zero-order chi connectivity index (χ0) is 26.6. The number of carbonyl (C=O) groups excluding carboxylic acids is 5. The summed E-state index contributed by atoms with van der Waals surface area (Å²) in [6.07, 6.45) is 1.11. The van der Waals surface area contributed by atoms with Crippen LogP contribution in [0, 0.1) is 0 Å². The fourth-order valence-corrected chi connectivity index (χ4v) is 4.73. The average Bonchev–Trinajstić information content (AvgIpc) is 2.94. The molecule has 3 rings (SSSR count). The number of fused-ring (bicyclic) bond motifs is 1. The van der Waals surface area contributed by atoms with Crippen molar-refractivity contribution in [2.75, 3.05) is 12.8 Å². The number of aldehydes is 1. The Morgan fingerprint density at radius 3 is 2.42 bits per heavy atom. The predicted octanol–water partition coefficient (Wildman–Crippen LogP) is -1.12. The second-order valence-electron chi connectivity index (χ2n) is 8.57. The van der Waals surface area contributed by atoms with Crippen LogP contribution in [0.1, 0.15) is 42.5 Å². The van der Waals surface area contributed by atoms with E-state index in [0.717, 1.165) is 16.3 Å². The minimum atomic E-state index is -3.47. The maximum atomic E-state index is 13.4. The van der Waals surface area contributed by atoms with Crippen molar-refractivity contribution in [3.63, 3.8) is 0 Å². The molecule has 13 nitrogen and oxygen atoms in total. The molecule has 2 aliphatic heterocycles. The van der Waals surface area contributed by atoms with Gasteiger partial charge in [0.05, 0.1) is 17.4 Å². The zero-order valence-corrected chi connectivity index (χ0v) is 20.2. The van der Waals surface area contributed by atoms with Gasteiger partial charge in [0, 0.05) is 24.8 Å². The summed E-state index contributed by atoms with van der Waals surface area (Å²) in [6.45, 7) is 0.175. The van der Waals surface area contributed by atoms with Crippen LogP contribution in [0.4, 0.5) is 0 Å². The molecule has 194 valence electrons. The number of carboxylic acids is 1. The van der Waals surface area contributed by atoms with E-state index in [0.29, 0.717) is 6.42 Å². The average molecular weight is 523 g/mol. The number of sulfone groups is 1. The predicted molar refractivity (Wildman–Crippen MR) is 122 cm³/mol. The molecule has 2 heterocycles. The summed E-state index contributed by atoms with van der Waals surface area (Å²) >= 11 is 0. The van der Waals surface area contributed by atoms with Crippen molar-refractivity contribution in [3.8, 4) is 0 Å². The Morgan fingerprint density at radius 1 is 1.17 bits per heavy atom. The molecule has 0 bridgehead atoms. The molecule has 0 aliphatic carbocycles. The van der Waals surface area contributed by atoms with Crippen LogP contribution in [0.3, 0.4) is 0 Å². The normalized spacial score (nSPS) is 21.1. The summed E-state index contributed by atoms with van der Waals surface area (Å²) in [5.74, 6) is -3.89.